The topological polar surface area (TPSA) is 41.9 Å². The van der Waals surface area contributed by atoms with E-state index in [1.165, 1.54) is 21.7 Å². The van der Waals surface area contributed by atoms with Gasteiger partial charge in [0.25, 0.3) is 0 Å². The molecule has 4 heterocycles. The quantitative estimate of drug-likeness (QED) is 0.740. The summed E-state index contributed by atoms with van der Waals surface area (Å²) < 4.78 is 0. The van der Waals surface area contributed by atoms with Crippen LogP contribution in [0.2, 0.25) is 0 Å². The third-order valence-corrected chi connectivity index (χ3v) is 5.28. The summed E-state index contributed by atoms with van der Waals surface area (Å²) in [4.78, 5) is 17.4. The van der Waals surface area contributed by atoms with Gasteiger partial charge in [0, 0.05) is 60.6 Å². The zero-order chi connectivity index (χ0) is 15.6. The van der Waals surface area contributed by atoms with Gasteiger partial charge < -0.3 is 0 Å². The van der Waals surface area contributed by atoms with Crippen molar-refractivity contribution >= 4 is 11.3 Å². The molecule has 0 amide bonds. The van der Waals surface area contributed by atoms with Crippen LogP contribution in [0.15, 0.2) is 42.2 Å². The summed E-state index contributed by atoms with van der Waals surface area (Å²) >= 11 is 1.84. The molecule has 0 unspecified atom stereocenters. The van der Waals surface area contributed by atoms with Gasteiger partial charge in [-0.3, -0.25) is 9.88 Å². The molecule has 1 aliphatic rings. The number of thiophene rings is 1. The largest absolute Gasteiger partial charge is 0.293 e. The molecule has 0 fully saturated rings. The highest BCUT2D eigenvalue weighted by Gasteiger charge is 2.19. The van der Waals surface area contributed by atoms with Crippen molar-refractivity contribution in [3.63, 3.8) is 0 Å². The highest BCUT2D eigenvalue weighted by molar-refractivity contribution is 7.10. The summed E-state index contributed by atoms with van der Waals surface area (Å²) in [6.07, 6.45) is 6.55. The van der Waals surface area contributed by atoms with Gasteiger partial charge in [0.05, 0.1) is 5.69 Å². The predicted molar refractivity (Wildman–Crippen MR) is 92.1 cm³/mol. The molecule has 5 heteroatoms. The summed E-state index contributed by atoms with van der Waals surface area (Å²) in [5.74, 6) is 0.777. The maximum absolute atomic E-state index is 4.76. The van der Waals surface area contributed by atoms with Crippen molar-refractivity contribution in [2.45, 2.75) is 26.4 Å². The van der Waals surface area contributed by atoms with E-state index >= 15 is 0 Å². The molecule has 0 N–H and O–H groups in total. The molecule has 0 aromatic carbocycles. The van der Waals surface area contributed by atoms with Gasteiger partial charge in [-0.2, -0.15) is 0 Å². The monoisotopic (exact) mass is 322 g/mol. The van der Waals surface area contributed by atoms with Crippen molar-refractivity contribution < 1.29 is 0 Å². The molecule has 4 rings (SSSR count). The van der Waals surface area contributed by atoms with E-state index in [1.54, 1.807) is 6.20 Å². The Morgan fingerprint density at radius 1 is 1.26 bits per heavy atom. The lowest BCUT2D eigenvalue weighted by Crippen LogP contribution is -2.30. The first-order valence-electron chi connectivity index (χ1n) is 7.80. The van der Waals surface area contributed by atoms with E-state index in [0.717, 1.165) is 37.4 Å². The first-order chi connectivity index (χ1) is 11.3. The van der Waals surface area contributed by atoms with E-state index in [2.05, 4.69) is 33.2 Å². The second-order valence-corrected chi connectivity index (χ2v) is 6.90. The Kier molecular flexibility index (Phi) is 3.89. The molecular weight excluding hydrogens is 304 g/mol. The molecule has 3 aromatic heterocycles. The minimum atomic E-state index is 0.777. The van der Waals surface area contributed by atoms with Gasteiger partial charge in [0.2, 0.25) is 0 Å². The standard InChI is InChI=1S/C18H18N4S/c1-13-5-8-23-17(13)12-22-7-4-16-15(11-22)10-20-18(21-16)14-3-2-6-19-9-14/h2-3,5-6,8-10H,4,7,11-12H2,1H3. The van der Waals surface area contributed by atoms with Crippen LogP contribution in [-0.2, 0) is 19.5 Å². The van der Waals surface area contributed by atoms with Gasteiger partial charge in [-0.15, -0.1) is 11.3 Å². The summed E-state index contributed by atoms with van der Waals surface area (Å²) in [6, 6.07) is 6.12. The van der Waals surface area contributed by atoms with Crippen LogP contribution in [-0.4, -0.2) is 26.4 Å². The SMILES string of the molecule is Cc1ccsc1CN1CCc2nc(-c3cccnc3)ncc2C1. The van der Waals surface area contributed by atoms with Gasteiger partial charge in [-0.1, -0.05) is 0 Å². The maximum atomic E-state index is 4.76. The molecule has 0 bridgehead atoms. The third-order valence-electron chi connectivity index (χ3n) is 4.27. The number of rotatable bonds is 3. The van der Waals surface area contributed by atoms with Crippen LogP contribution in [0.25, 0.3) is 11.4 Å². The molecule has 0 aliphatic carbocycles. The lowest BCUT2D eigenvalue weighted by Gasteiger charge is -2.27. The Bertz CT molecular complexity index is 813. The lowest BCUT2D eigenvalue weighted by molar-refractivity contribution is 0.244. The van der Waals surface area contributed by atoms with Crippen molar-refractivity contribution in [2.75, 3.05) is 6.54 Å². The van der Waals surface area contributed by atoms with Crippen molar-refractivity contribution in [3.8, 4) is 11.4 Å². The van der Waals surface area contributed by atoms with Crippen LogP contribution < -0.4 is 0 Å². The van der Waals surface area contributed by atoms with Crippen molar-refractivity contribution in [3.05, 3.63) is 63.9 Å². The van der Waals surface area contributed by atoms with Crippen LogP contribution in [0.5, 0.6) is 0 Å². The van der Waals surface area contributed by atoms with E-state index < -0.39 is 0 Å². The van der Waals surface area contributed by atoms with E-state index in [4.69, 9.17) is 4.98 Å². The fourth-order valence-electron chi connectivity index (χ4n) is 2.91. The number of hydrogen-bond donors (Lipinski definition) is 0. The molecule has 3 aromatic rings. The normalized spacial score (nSPS) is 14.7. The minimum absolute atomic E-state index is 0.777. The van der Waals surface area contributed by atoms with Gasteiger partial charge in [0.1, 0.15) is 0 Å². The van der Waals surface area contributed by atoms with Crippen molar-refractivity contribution in [1.29, 1.82) is 0 Å². The van der Waals surface area contributed by atoms with Gasteiger partial charge in [-0.05, 0) is 36.1 Å². The molecule has 4 nitrogen and oxygen atoms in total. The molecule has 0 spiro atoms. The predicted octanol–water partition coefficient (Wildman–Crippen LogP) is 3.47. The molecular formula is C18H18N4S. The summed E-state index contributed by atoms with van der Waals surface area (Å²) in [7, 11) is 0. The van der Waals surface area contributed by atoms with Crippen LogP contribution in [0.3, 0.4) is 0 Å². The van der Waals surface area contributed by atoms with Crippen LogP contribution in [0.1, 0.15) is 21.7 Å². The molecule has 116 valence electrons. The Morgan fingerprint density at radius 2 is 2.22 bits per heavy atom. The molecule has 1 aliphatic heterocycles. The minimum Gasteiger partial charge on any atom is -0.293 e. The van der Waals surface area contributed by atoms with Crippen molar-refractivity contribution in [1.82, 2.24) is 19.9 Å². The maximum Gasteiger partial charge on any atom is 0.160 e. The highest BCUT2D eigenvalue weighted by atomic mass is 32.1. The van der Waals surface area contributed by atoms with Gasteiger partial charge in [-0.25, -0.2) is 9.97 Å². The zero-order valence-electron chi connectivity index (χ0n) is 13.1. The number of pyridine rings is 1. The van der Waals surface area contributed by atoms with E-state index in [-0.39, 0.29) is 0 Å². The van der Waals surface area contributed by atoms with E-state index in [1.807, 2.05) is 35.9 Å². The first-order valence-corrected chi connectivity index (χ1v) is 8.68. The summed E-state index contributed by atoms with van der Waals surface area (Å²) in [6.45, 7) is 5.19. The summed E-state index contributed by atoms with van der Waals surface area (Å²) in [5.41, 5.74) is 4.80. The number of aromatic nitrogens is 3. The number of nitrogens with zero attached hydrogens (tertiary/aromatic N) is 4. The van der Waals surface area contributed by atoms with E-state index in [9.17, 15) is 0 Å². The van der Waals surface area contributed by atoms with Crippen LogP contribution in [0.4, 0.5) is 0 Å². The zero-order valence-corrected chi connectivity index (χ0v) is 13.9. The smallest absolute Gasteiger partial charge is 0.160 e. The van der Waals surface area contributed by atoms with Crippen LogP contribution in [0, 0.1) is 6.92 Å². The molecule has 0 atom stereocenters. The van der Waals surface area contributed by atoms with Crippen molar-refractivity contribution in [2.24, 2.45) is 0 Å². The Labute approximate surface area is 139 Å². The fraction of sp³-hybridized carbons (Fsp3) is 0.278. The second kappa shape index (κ2) is 6.18. The highest BCUT2D eigenvalue weighted by Crippen LogP contribution is 2.24. The lowest BCUT2D eigenvalue weighted by atomic mass is 10.1. The van der Waals surface area contributed by atoms with Gasteiger partial charge in [0.15, 0.2) is 5.82 Å². The molecule has 0 saturated carbocycles. The number of aryl methyl sites for hydroxylation is 1. The molecule has 0 saturated heterocycles. The average Bonchev–Trinajstić information content (AvgIpc) is 3.00. The number of fused-ring (bicyclic) bond motifs is 1. The first kappa shape index (κ1) is 14.5. The van der Waals surface area contributed by atoms with Gasteiger partial charge >= 0.3 is 0 Å². The second-order valence-electron chi connectivity index (χ2n) is 5.89. The Morgan fingerprint density at radius 3 is 3.00 bits per heavy atom. The Hall–Kier alpha value is -2.11. The number of hydrogen-bond acceptors (Lipinski definition) is 5. The average molecular weight is 322 g/mol. The molecule has 23 heavy (non-hydrogen) atoms. The molecule has 0 radical (unpaired) electrons. The van der Waals surface area contributed by atoms with Crippen LogP contribution >= 0.6 is 11.3 Å². The summed E-state index contributed by atoms with van der Waals surface area (Å²) in [5, 5.41) is 2.17. The third kappa shape index (κ3) is 3.02. The fourth-order valence-corrected chi connectivity index (χ4v) is 3.86. The van der Waals surface area contributed by atoms with E-state index in [0.29, 0.717) is 0 Å². The Balaban J connectivity index is 1.53.